The second-order valence-electron chi connectivity index (χ2n) is 10.6. The number of nitrogens with one attached hydrogen (secondary N) is 2. The first-order valence-electron chi connectivity index (χ1n) is 13.3. The molecule has 4 N–H and O–H groups in total. The number of piperazine rings is 1. The van der Waals surface area contributed by atoms with Crippen LogP contribution in [0.15, 0.2) is 30.3 Å². The summed E-state index contributed by atoms with van der Waals surface area (Å²) in [7, 11) is -2.66. The molecular formula is C26H36N6O7S. The molecule has 4 rings (SSSR count). The van der Waals surface area contributed by atoms with Crippen LogP contribution in [0.1, 0.15) is 37.7 Å². The number of Topliss-reactive ketones (excluding diaryl/α,β-unsaturated/α-hetero) is 1. The van der Waals surface area contributed by atoms with Gasteiger partial charge in [0.05, 0.1) is 25.4 Å². The van der Waals surface area contributed by atoms with Crippen molar-refractivity contribution in [1.29, 1.82) is 5.41 Å². The Kier molecular flexibility index (Phi) is 9.08. The van der Waals surface area contributed by atoms with Gasteiger partial charge >= 0.3 is 5.97 Å². The van der Waals surface area contributed by atoms with Gasteiger partial charge in [-0.3, -0.25) is 19.8 Å². The monoisotopic (exact) mass is 576 g/mol. The molecule has 0 spiro atoms. The highest BCUT2D eigenvalue weighted by Crippen LogP contribution is 2.31. The second-order valence-corrected chi connectivity index (χ2v) is 12.5. The zero-order valence-electron chi connectivity index (χ0n) is 22.5. The van der Waals surface area contributed by atoms with Crippen LogP contribution >= 0.6 is 0 Å². The molecule has 14 heteroatoms. The van der Waals surface area contributed by atoms with Crippen LogP contribution in [0.25, 0.3) is 0 Å². The van der Waals surface area contributed by atoms with E-state index in [4.69, 9.17) is 11.1 Å². The van der Waals surface area contributed by atoms with Crippen LogP contribution in [0.5, 0.6) is 0 Å². The molecule has 3 saturated heterocycles. The van der Waals surface area contributed by atoms with E-state index in [1.807, 2.05) is 0 Å². The van der Waals surface area contributed by atoms with Gasteiger partial charge in [-0.25, -0.2) is 13.2 Å². The van der Waals surface area contributed by atoms with E-state index in [2.05, 4.69) is 10.1 Å². The van der Waals surface area contributed by atoms with Gasteiger partial charge < -0.3 is 25.6 Å². The predicted octanol–water partition coefficient (Wildman–Crippen LogP) is -0.586. The fourth-order valence-corrected chi connectivity index (χ4v) is 7.30. The highest BCUT2D eigenvalue weighted by atomic mass is 32.2. The standard InChI is InChI=1S/C26H36N6O7S/c1-39-25(36)23(34)20(13-17-9-11-30(12-10-17)26(27)28)29-24(35)21-8-7-19-14-31(15-22(33)32(19)21)40(37,38)16-18-5-3-2-4-6-18/h2-6,17,19-21H,7-16H2,1H3,(H3,27,28)(H,29,35)/t19-,20?,21-/m0/s1. The van der Waals surface area contributed by atoms with E-state index in [0.717, 1.165) is 7.11 Å². The molecule has 1 unspecified atom stereocenters. The van der Waals surface area contributed by atoms with Crippen molar-refractivity contribution in [2.45, 2.75) is 56.0 Å². The number of likely N-dealkylation sites (tertiary alicyclic amines) is 1. The highest BCUT2D eigenvalue weighted by Gasteiger charge is 2.47. The SMILES string of the molecule is COC(=O)C(=O)C(CC1CCN(C(=N)N)CC1)NC(=O)[C@@H]1CC[C@H]2CN(S(=O)(=O)Cc3ccccc3)CC(=O)N21. The zero-order chi connectivity index (χ0) is 29.0. The van der Waals surface area contributed by atoms with Crippen molar-refractivity contribution in [2.75, 3.05) is 33.3 Å². The normalized spacial score (nSPS) is 22.9. The fourth-order valence-electron chi connectivity index (χ4n) is 5.80. The third-order valence-corrected chi connectivity index (χ3v) is 9.71. The summed E-state index contributed by atoms with van der Waals surface area (Å²) in [6, 6.07) is 6.26. The molecule has 3 heterocycles. The number of hydrogen-bond acceptors (Lipinski definition) is 8. The Morgan fingerprint density at radius 2 is 1.80 bits per heavy atom. The Hall–Kier alpha value is -3.52. The Labute approximate surface area is 233 Å². The zero-order valence-corrected chi connectivity index (χ0v) is 23.3. The first-order chi connectivity index (χ1) is 19.0. The van der Waals surface area contributed by atoms with Crippen LogP contribution in [-0.2, 0) is 39.7 Å². The number of ether oxygens (including phenoxy) is 1. The van der Waals surface area contributed by atoms with E-state index in [1.54, 1.807) is 35.2 Å². The van der Waals surface area contributed by atoms with Crippen molar-refractivity contribution in [3.63, 3.8) is 0 Å². The summed E-state index contributed by atoms with van der Waals surface area (Å²) in [5.41, 5.74) is 6.18. The molecule has 3 aliphatic rings. The number of ketones is 1. The van der Waals surface area contributed by atoms with Gasteiger partial charge in [-0.2, -0.15) is 4.31 Å². The fraction of sp³-hybridized carbons (Fsp3) is 0.577. The highest BCUT2D eigenvalue weighted by molar-refractivity contribution is 7.88. The topological polar surface area (TPSA) is 183 Å². The molecule has 218 valence electrons. The molecule has 0 aliphatic carbocycles. The number of fused-ring (bicyclic) bond motifs is 1. The van der Waals surface area contributed by atoms with Crippen LogP contribution in [-0.4, -0.2) is 103 Å². The maximum Gasteiger partial charge on any atom is 0.376 e. The number of carbonyl (C=O) groups excluding carboxylic acids is 4. The van der Waals surface area contributed by atoms with Gasteiger partial charge in [-0.1, -0.05) is 30.3 Å². The van der Waals surface area contributed by atoms with Crippen molar-refractivity contribution in [3.8, 4) is 0 Å². The molecule has 40 heavy (non-hydrogen) atoms. The molecule has 2 amide bonds. The van der Waals surface area contributed by atoms with Crippen molar-refractivity contribution in [3.05, 3.63) is 35.9 Å². The first kappa shape index (κ1) is 29.5. The molecule has 3 atom stereocenters. The number of hydrogen-bond donors (Lipinski definition) is 3. The first-order valence-corrected chi connectivity index (χ1v) is 15.0. The minimum Gasteiger partial charge on any atom is -0.463 e. The van der Waals surface area contributed by atoms with Crippen molar-refractivity contribution in [2.24, 2.45) is 11.7 Å². The van der Waals surface area contributed by atoms with Gasteiger partial charge in [0.2, 0.25) is 21.8 Å². The molecular weight excluding hydrogens is 540 g/mol. The molecule has 1 aromatic carbocycles. The number of amides is 2. The van der Waals surface area contributed by atoms with Crippen LogP contribution in [0.3, 0.4) is 0 Å². The lowest BCUT2D eigenvalue weighted by molar-refractivity contribution is -0.153. The molecule has 13 nitrogen and oxygen atoms in total. The molecule has 0 bridgehead atoms. The van der Waals surface area contributed by atoms with E-state index in [-0.39, 0.29) is 37.1 Å². The lowest BCUT2D eigenvalue weighted by Gasteiger charge is -2.39. The largest absolute Gasteiger partial charge is 0.463 e. The Bertz CT molecular complexity index is 1250. The van der Waals surface area contributed by atoms with Crippen molar-refractivity contribution in [1.82, 2.24) is 19.4 Å². The van der Waals surface area contributed by atoms with Crippen LogP contribution in [0.4, 0.5) is 0 Å². The number of benzene rings is 1. The van der Waals surface area contributed by atoms with Crippen molar-refractivity contribution < 1.29 is 32.3 Å². The van der Waals surface area contributed by atoms with Gasteiger partial charge in [-0.05, 0) is 43.6 Å². The maximum absolute atomic E-state index is 13.4. The van der Waals surface area contributed by atoms with E-state index in [0.29, 0.717) is 44.3 Å². The molecule has 3 aliphatic heterocycles. The number of nitrogens with two attached hydrogens (primary N) is 1. The molecule has 0 radical (unpaired) electrons. The minimum absolute atomic E-state index is 0.00540. The third-order valence-electron chi connectivity index (χ3n) is 7.95. The lowest BCUT2D eigenvalue weighted by atomic mass is 9.88. The smallest absolute Gasteiger partial charge is 0.376 e. The molecule has 0 aromatic heterocycles. The van der Waals surface area contributed by atoms with E-state index in [1.165, 1.54) is 9.21 Å². The number of carbonyl (C=O) groups is 4. The Balaban J connectivity index is 1.41. The van der Waals surface area contributed by atoms with Crippen molar-refractivity contribution >= 4 is 39.5 Å². The Morgan fingerprint density at radius 1 is 1.12 bits per heavy atom. The average molecular weight is 577 g/mol. The number of piperidine rings is 1. The van der Waals surface area contributed by atoms with E-state index >= 15 is 0 Å². The number of nitrogens with zero attached hydrogens (tertiary/aromatic N) is 3. The molecule has 0 saturated carbocycles. The van der Waals surface area contributed by atoms with Gasteiger partial charge in [0.1, 0.15) is 6.04 Å². The van der Waals surface area contributed by atoms with E-state index < -0.39 is 51.7 Å². The minimum atomic E-state index is -3.75. The van der Waals surface area contributed by atoms with Crippen LogP contribution in [0, 0.1) is 11.3 Å². The quantitative estimate of drug-likeness (QED) is 0.150. The summed E-state index contributed by atoms with van der Waals surface area (Å²) in [6.45, 7) is 0.783. The maximum atomic E-state index is 13.4. The number of rotatable bonds is 9. The molecule has 3 fully saturated rings. The summed E-state index contributed by atoms with van der Waals surface area (Å²) >= 11 is 0. The van der Waals surface area contributed by atoms with Gasteiger partial charge in [-0.15, -0.1) is 0 Å². The summed E-state index contributed by atoms with van der Waals surface area (Å²) < 4.78 is 31.9. The number of sulfonamides is 1. The number of esters is 1. The summed E-state index contributed by atoms with van der Waals surface area (Å²) in [6.07, 6.45) is 2.21. The number of guanidine groups is 1. The lowest BCUT2D eigenvalue weighted by Crippen LogP contribution is -2.60. The van der Waals surface area contributed by atoms with E-state index in [9.17, 15) is 27.6 Å². The summed E-state index contributed by atoms with van der Waals surface area (Å²) in [5.74, 6) is -3.21. The van der Waals surface area contributed by atoms with Gasteiger partial charge in [0.25, 0.3) is 5.78 Å². The predicted molar refractivity (Wildman–Crippen MR) is 144 cm³/mol. The third kappa shape index (κ3) is 6.61. The van der Waals surface area contributed by atoms with Crippen LogP contribution < -0.4 is 11.1 Å². The van der Waals surface area contributed by atoms with Gasteiger partial charge in [0.15, 0.2) is 5.96 Å². The molecule has 1 aromatic rings. The van der Waals surface area contributed by atoms with Crippen LogP contribution in [0.2, 0.25) is 0 Å². The summed E-state index contributed by atoms with van der Waals surface area (Å²) in [4.78, 5) is 54.6. The average Bonchev–Trinajstić information content (AvgIpc) is 3.37. The number of methoxy groups -OCH3 is 1. The van der Waals surface area contributed by atoms with Gasteiger partial charge in [0, 0.05) is 25.7 Å². The summed E-state index contributed by atoms with van der Waals surface area (Å²) in [5, 5.41) is 10.3. The Morgan fingerprint density at radius 3 is 2.42 bits per heavy atom. The second kappa shape index (κ2) is 12.3.